The maximum atomic E-state index is 10.2. The van der Waals surface area contributed by atoms with Gasteiger partial charge < -0.3 is 14.2 Å². The van der Waals surface area contributed by atoms with Gasteiger partial charge in [-0.3, -0.25) is 28.8 Å². The second-order valence-corrected chi connectivity index (χ2v) is 4.39. The largest absolute Gasteiger partial charge is 0.393 e. The summed E-state index contributed by atoms with van der Waals surface area (Å²) in [4.78, 5) is 60.5. The van der Waals surface area contributed by atoms with Gasteiger partial charge in [0, 0.05) is 12.8 Å². The van der Waals surface area contributed by atoms with Crippen LogP contribution in [0.25, 0.3) is 0 Å². The van der Waals surface area contributed by atoms with Gasteiger partial charge in [-0.2, -0.15) is 0 Å². The molecule has 3 aliphatic rings. The summed E-state index contributed by atoms with van der Waals surface area (Å²) in [6.45, 7) is 0. The van der Waals surface area contributed by atoms with Crippen LogP contribution in [0.4, 0.5) is 0 Å². The molecule has 0 saturated carbocycles. The molecule has 0 aromatic heterocycles. The fourth-order valence-electron chi connectivity index (χ4n) is 1.47. The van der Waals surface area contributed by atoms with Crippen molar-refractivity contribution in [3.05, 3.63) is 0 Å². The van der Waals surface area contributed by atoms with Crippen molar-refractivity contribution in [1.29, 1.82) is 0 Å². The third kappa shape index (κ3) is 7.27. The van der Waals surface area contributed by atoms with Crippen molar-refractivity contribution in [3.8, 4) is 0 Å². The molecule has 3 rings (SSSR count). The quantitative estimate of drug-likeness (QED) is 0.343. The average Bonchev–Trinajstić information content (AvgIpc) is 2.99. The van der Waals surface area contributed by atoms with Crippen LogP contribution in [0.1, 0.15) is 44.9 Å². The van der Waals surface area contributed by atoms with Gasteiger partial charge in [0.1, 0.15) is 0 Å². The number of carbonyl (C=O) groups is 6. The molecule has 0 radical (unpaired) electrons. The lowest BCUT2D eigenvalue weighted by Gasteiger charge is -2.06. The topological polar surface area (TPSA) is 130 Å². The van der Waals surface area contributed by atoms with E-state index in [1.165, 1.54) is 0 Å². The van der Waals surface area contributed by atoms with Gasteiger partial charge in [-0.25, -0.2) is 0 Å². The molecule has 9 nitrogen and oxygen atoms in total. The molecule has 0 bridgehead atoms. The maximum absolute atomic E-state index is 10.2. The molecule has 120 valence electrons. The minimum absolute atomic E-state index is 0.263. The molecule has 3 heterocycles. The molecule has 9 heteroatoms. The van der Waals surface area contributed by atoms with Gasteiger partial charge in [-0.05, 0) is 6.42 Å². The number of esters is 6. The molecule has 3 fully saturated rings. The molecule has 0 atom stereocenters. The minimum Gasteiger partial charge on any atom is -0.393 e. The Morgan fingerprint density at radius 1 is 0.409 bits per heavy atom. The predicted molar refractivity (Wildman–Crippen MR) is 65.6 cm³/mol. The highest BCUT2D eigenvalue weighted by atomic mass is 16.6. The van der Waals surface area contributed by atoms with Gasteiger partial charge >= 0.3 is 35.8 Å². The lowest BCUT2D eigenvalue weighted by atomic mass is 10.2. The Labute approximate surface area is 124 Å². The van der Waals surface area contributed by atoms with E-state index in [1.54, 1.807) is 0 Å². The Bertz CT molecular complexity index is 434. The van der Waals surface area contributed by atoms with Crippen molar-refractivity contribution in [2.75, 3.05) is 0 Å². The summed E-state index contributed by atoms with van der Waals surface area (Å²) in [6, 6.07) is 0. The van der Waals surface area contributed by atoms with E-state index in [9.17, 15) is 28.8 Å². The van der Waals surface area contributed by atoms with Gasteiger partial charge in [0.2, 0.25) is 0 Å². The van der Waals surface area contributed by atoms with Gasteiger partial charge in [0.15, 0.2) is 0 Å². The number of hydrogen-bond donors (Lipinski definition) is 0. The smallest absolute Gasteiger partial charge is 0.314 e. The van der Waals surface area contributed by atoms with Gasteiger partial charge in [0.05, 0.1) is 25.7 Å². The van der Waals surface area contributed by atoms with Gasteiger partial charge in [0.25, 0.3) is 0 Å². The summed E-state index contributed by atoms with van der Waals surface area (Å²) in [5, 5.41) is 0. The number of carbonyl (C=O) groups excluding carboxylic acids is 6. The van der Waals surface area contributed by atoms with Gasteiger partial charge in [-0.1, -0.05) is 0 Å². The van der Waals surface area contributed by atoms with E-state index in [0.29, 0.717) is 19.3 Å². The van der Waals surface area contributed by atoms with E-state index in [0.717, 1.165) is 0 Å². The normalized spacial score (nSPS) is 20.2. The Balaban J connectivity index is 0.000000166. The van der Waals surface area contributed by atoms with E-state index in [1.807, 2.05) is 0 Å². The zero-order valence-electron chi connectivity index (χ0n) is 11.6. The van der Waals surface area contributed by atoms with Crippen molar-refractivity contribution in [2.45, 2.75) is 44.9 Å². The Morgan fingerprint density at radius 2 is 0.636 bits per heavy atom. The van der Waals surface area contributed by atoms with Gasteiger partial charge in [-0.15, -0.1) is 0 Å². The summed E-state index contributed by atoms with van der Waals surface area (Å²) >= 11 is 0. The molecule has 0 aromatic rings. The van der Waals surface area contributed by atoms with Crippen LogP contribution >= 0.6 is 0 Å². The highest BCUT2D eigenvalue weighted by molar-refractivity contribution is 5.93. The molecular formula is C13H14O9. The molecular weight excluding hydrogens is 300 g/mol. The molecule has 0 N–H and O–H groups in total. The lowest BCUT2D eigenvalue weighted by Crippen LogP contribution is -2.17. The first-order valence-electron chi connectivity index (χ1n) is 6.57. The maximum Gasteiger partial charge on any atom is 0.314 e. The molecule has 22 heavy (non-hydrogen) atoms. The standard InChI is InChI=1S/C5H6O3.2C4H4O3/c6-4-2-1-3-5(7)8-4;2*5-3-1-2-4(6)7-3/h1-3H2;2*1-2H2. The molecule has 0 aliphatic carbocycles. The van der Waals surface area contributed by atoms with Crippen LogP contribution in [0, 0.1) is 0 Å². The van der Waals surface area contributed by atoms with E-state index >= 15 is 0 Å². The summed E-state index contributed by atoms with van der Waals surface area (Å²) in [5.74, 6) is -2.37. The first kappa shape index (κ1) is 17.5. The zero-order chi connectivity index (χ0) is 16.5. The summed E-state index contributed by atoms with van der Waals surface area (Å²) < 4.78 is 12.4. The Hall–Kier alpha value is -2.58. The van der Waals surface area contributed by atoms with Crippen molar-refractivity contribution in [2.24, 2.45) is 0 Å². The van der Waals surface area contributed by atoms with E-state index in [2.05, 4.69) is 14.2 Å². The summed E-state index contributed by atoms with van der Waals surface area (Å²) in [7, 11) is 0. The molecule has 0 aromatic carbocycles. The monoisotopic (exact) mass is 314 g/mol. The third-order valence-corrected chi connectivity index (χ3v) is 2.51. The first-order chi connectivity index (χ1) is 10.4. The molecule has 3 saturated heterocycles. The molecule has 0 unspecified atom stereocenters. The van der Waals surface area contributed by atoms with Crippen molar-refractivity contribution >= 4 is 35.8 Å². The number of ether oxygens (including phenoxy) is 3. The lowest BCUT2D eigenvalue weighted by molar-refractivity contribution is -0.163. The minimum atomic E-state index is -0.398. The van der Waals surface area contributed by atoms with Crippen LogP contribution in [0.5, 0.6) is 0 Å². The van der Waals surface area contributed by atoms with Crippen molar-refractivity contribution in [3.63, 3.8) is 0 Å². The number of hydrogen-bond acceptors (Lipinski definition) is 9. The van der Waals surface area contributed by atoms with Crippen LogP contribution in [-0.2, 0) is 43.0 Å². The zero-order valence-corrected chi connectivity index (χ0v) is 11.6. The molecule has 0 amide bonds. The highest BCUT2D eigenvalue weighted by Crippen LogP contribution is 2.06. The van der Waals surface area contributed by atoms with E-state index < -0.39 is 23.9 Å². The highest BCUT2D eigenvalue weighted by Gasteiger charge is 2.19. The second kappa shape index (κ2) is 8.65. The van der Waals surface area contributed by atoms with Crippen molar-refractivity contribution in [1.82, 2.24) is 0 Å². The fraction of sp³-hybridized carbons (Fsp3) is 0.538. The Morgan fingerprint density at radius 3 is 0.727 bits per heavy atom. The molecule has 0 spiro atoms. The summed E-state index contributed by atoms with van der Waals surface area (Å²) in [5.41, 5.74) is 0. The van der Waals surface area contributed by atoms with Crippen molar-refractivity contribution < 1.29 is 43.0 Å². The van der Waals surface area contributed by atoms with Crippen LogP contribution in [0.2, 0.25) is 0 Å². The first-order valence-corrected chi connectivity index (χ1v) is 6.57. The predicted octanol–water partition coefficient (Wildman–Crippen LogP) is -0.0599. The molecule has 3 aliphatic heterocycles. The Kier molecular flexibility index (Phi) is 6.87. The van der Waals surface area contributed by atoms with Crippen LogP contribution in [0.3, 0.4) is 0 Å². The number of rotatable bonds is 0. The third-order valence-electron chi connectivity index (χ3n) is 2.51. The van der Waals surface area contributed by atoms with Crippen LogP contribution in [0.15, 0.2) is 0 Å². The fourth-order valence-corrected chi connectivity index (χ4v) is 1.47. The average molecular weight is 314 g/mol. The van der Waals surface area contributed by atoms with Crippen LogP contribution < -0.4 is 0 Å². The second-order valence-electron chi connectivity index (χ2n) is 4.39. The summed E-state index contributed by atoms with van der Waals surface area (Å²) in [6.07, 6.45) is 2.49. The SMILES string of the molecule is O=C1CCC(=O)O1.O=C1CCC(=O)O1.O=C1CCCC(=O)O1. The number of cyclic esters (lactones) is 6. The van der Waals surface area contributed by atoms with E-state index in [-0.39, 0.29) is 37.6 Å². The van der Waals surface area contributed by atoms with E-state index in [4.69, 9.17) is 0 Å². The van der Waals surface area contributed by atoms with Crippen LogP contribution in [-0.4, -0.2) is 35.8 Å².